The maximum atomic E-state index is 6.05. The number of benzene rings is 1. The fraction of sp³-hybridized carbons (Fsp3) is 0.231. The Bertz CT molecular complexity index is 541. The van der Waals surface area contributed by atoms with Crippen LogP contribution in [-0.4, -0.2) is 9.97 Å². The van der Waals surface area contributed by atoms with Crippen molar-refractivity contribution < 1.29 is 0 Å². The molecule has 0 spiro atoms. The van der Waals surface area contributed by atoms with Crippen LogP contribution in [0.25, 0.3) is 11.4 Å². The van der Waals surface area contributed by atoms with Gasteiger partial charge in [-0.05, 0) is 19.9 Å². The first-order valence-electron chi connectivity index (χ1n) is 5.32. The second kappa shape index (κ2) is 5.15. The molecule has 1 aromatic heterocycles. The molecule has 0 aliphatic carbocycles. The van der Waals surface area contributed by atoms with Crippen molar-refractivity contribution in [3.63, 3.8) is 0 Å². The molecule has 0 radical (unpaired) electrons. The highest BCUT2D eigenvalue weighted by Gasteiger charge is 2.10. The number of aromatic nitrogens is 2. The number of halogens is 2. The van der Waals surface area contributed by atoms with Crippen LogP contribution in [0.2, 0.25) is 0 Å². The molecule has 4 heteroatoms. The third kappa shape index (κ3) is 2.67. The number of hydrogen-bond donors (Lipinski definition) is 0. The molecule has 0 saturated carbocycles. The minimum absolute atomic E-state index is 0.0664. The molecule has 2 aromatic rings. The highest BCUT2D eigenvalue weighted by molar-refractivity contribution is 9.10. The summed E-state index contributed by atoms with van der Waals surface area (Å²) in [6.07, 6.45) is 1.80. The van der Waals surface area contributed by atoms with Gasteiger partial charge in [-0.15, -0.1) is 11.6 Å². The number of aryl methyl sites for hydroxylation is 1. The smallest absolute Gasteiger partial charge is 0.160 e. The first-order valence-corrected chi connectivity index (χ1v) is 6.55. The van der Waals surface area contributed by atoms with Crippen LogP contribution >= 0.6 is 27.5 Å². The Kier molecular flexibility index (Phi) is 3.79. The van der Waals surface area contributed by atoms with Gasteiger partial charge in [0.25, 0.3) is 0 Å². The van der Waals surface area contributed by atoms with Gasteiger partial charge in [0, 0.05) is 27.5 Å². The van der Waals surface area contributed by atoms with Crippen LogP contribution in [0.3, 0.4) is 0 Å². The third-order valence-corrected chi connectivity index (χ3v) is 3.49. The van der Waals surface area contributed by atoms with Crippen LogP contribution in [-0.2, 0) is 0 Å². The molecule has 1 unspecified atom stereocenters. The lowest BCUT2D eigenvalue weighted by Gasteiger charge is -2.09. The van der Waals surface area contributed by atoms with E-state index in [2.05, 4.69) is 25.9 Å². The van der Waals surface area contributed by atoms with E-state index in [1.807, 2.05) is 38.1 Å². The molecular formula is C13H12BrClN2. The molecule has 1 atom stereocenters. The van der Waals surface area contributed by atoms with Gasteiger partial charge < -0.3 is 0 Å². The lowest BCUT2D eigenvalue weighted by Crippen LogP contribution is -1.98. The Morgan fingerprint density at radius 3 is 2.59 bits per heavy atom. The number of alkyl halides is 1. The SMILES string of the molecule is Cc1nc(-c2ccccc2Br)ncc1C(C)Cl. The Morgan fingerprint density at radius 1 is 1.29 bits per heavy atom. The van der Waals surface area contributed by atoms with Gasteiger partial charge in [0.2, 0.25) is 0 Å². The Hall–Kier alpha value is -0.930. The van der Waals surface area contributed by atoms with Crippen molar-refractivity contribution in [2.24, 2.45) is 0 Å². The summed E-state index contributed by atoms with van der Waals surface area (Å²) < 4.78 is 0.992. The van der Waals surface area contributed by atoms with Gasteiger partial charge in [0.05, 0.1) is 5.38 Å². The maximum absolute atomic E-state index is 6.05. The molecule has 2 rings (SSSR count). The predicted molar refractivity (Wildman–Crippen MR) is 74.2 cm³/mol. The van der Waals surface area contributed by atoms with E-state index in [0.717, 1.165) is 27.1 Å². The molecular weight excluding hydrogens is 300 g/mol. The predicted octanol–water partition coefficient (Wildman–Crippen LogP) is 4.51. The van der Waals surface area contributed by atoms with Gasteiger partial charge in [-0.1, -0.05) is 34.1 Å². The van der Waals surface area contributed by atoms with E-state index in [9.17, 15) is 0 Å². The van der Waals surface area contributed by atoms with E-state index in [-0.39, 0.29) is 5.38 Å². The van der Waals surface area contributed by atoms with Crippen molar-refractivity contribution in [2.75, 3.05) is 0 Å². The zero-order valence-electron chi connectivity index (χ0n) is 9.61. The molecule has 17 heavy (non-hydrogen) atoms. The van der Waals surface area contributed by atoms with Gasteiger partial charge in [-0.2, -0.15) is 0 Å². The molecule has 0 aliphatic heterocycles. The zero-order chi connectivity index (χ0) is 12.4. The topological polar surface area (TPSA) is 25.8 Å². The number of hydrogen-bond acceptors (Lipinski definition) is 2. The van der Waals surface area contributed by atoms with Crippen molar-refractivity contribution in [2.45, 2.75) is 19.2 Å². The van der Waals surface area contributed by atoms with Crippen LogP contribution < -0.4 is 0 Å². The number of rotatable bonds is 2. The van der Waals surface area contributed by atoms with Gasteiger partial charge in [0.1, 0.15) is 0 Å². The fourth-order valence-electron chi connectivity index (χ4n) is 1.64. The van der Waals surface area contributed by atoms with Crippen LogP contribution in [0.15, 0.2) is 34.9 Å². The van der Waals surface area contributed by atoms with E-state index in [0.29, 0.717) is 0 Å². The lowest BCUT2D eigenvalue weighted by molar-refractivity contribution is 0.975. The average Bonchev–Trinajstić information content (AvgIpc) is 2.29. The first-order chi connectivity index (χ1) is 8.09. The molecule has 0 bridgehead atoms. The summed E-state index contributed by atoms with van der Waals surface area (Å²) >= 11 is 9.55. The lowest BCUT2D eigenvalue weighted by atomic mass is 10.1. The summed E-state index contributed by atoms with van der Waals surface area (Å²) in [6.45, 7) is 3.88. The van der Waals surface area contributed by atoms with Crippen molar-refractivity contribution in [1.82, 2.24) is 9.97 Å². The molecule has 0 amide bonds. The highest BCUT2D eigenvalue weighted by atomic mass is 79.9. The molecule has 1 aromatic carbocycles. The van der Waals surface area contributed by atoms with E-state index in [4.69, 9.17) is 11.6 Å². The fourth-order valence-corrected chi connectivity index (χ4v) is 2.32. The van der Waals surface area contributed by atoms with Gasteiger partial charge in [-0.25, -0.2) is 9.97 Å². The molecule has 88 valence electrons. The Balaban J connectivity index is 2.49. The molecule has 2 nitrogen and oxygen atoms in total. The summed E-state index contributed by atoms with van der Waals surface area (Å²) in [5.41, 5.74) is 2.89. The average molecular weight is 312 g/mol. The van der Waals surface area contributed by atoms with Crippen molar-refractivity contribution in [3.8, 4) is 11.4 Å². The van der Waals surface area contributed by atoms with Crippen LogP contribution in [0, 0.1) is 6.92 Å². The normalized spacial score (nSPS) is 12.5. The first kappa shape index (κ1) is 12.5. The van der Waals surface area contributed by atoms with Crippen molar-refractivity contribution in [1.29, 1.82) is 0 Å². The minimum atomic E-state index is -0.0664. The Morgan fingerprint density at radius 2 is 2.00 bits per heavy atom. The second-order valence-corrected chi connectivity index (χ2v) is 5.34. The molecule has 1 heterocycles. The maximum Gasteiger partial charge on any atom is 0.160 e. The molecule has 0 saturated heterocycles. The van der Waals surface area contributed by atoms with Crippen LogP contribution in [0.1, 0.15) is 23.6 Å². The van der Waals surface area contributed by atoms with Crippen molar-refractivity contribution >= 4 is 27.5 Å². The summed E-state index contributed by atoms with van der Waals surface area (Å²) in [7, 11) is 0. The summed E-state index contributed by atoms with van der Waals surface area (Å²) in [5, 5.41) is -0.0664. The monoisotopic (exact) mass is 310 g/mol. The van der Waals surface area contributed by atoms with Crippen LogP contribution in [0.5, 0.6) is 0 Å². The second-order valence-electron chi connectivity index (χ2n) is 3.83. The van der Waals surface area contributed by atoms with E-state index in [1.54, 1.807) is 6.20 Å². The van der Waals surface area contributed by atoms with Crippen molar-refractivity contribution in [3.05, 3.63) is 46.2 Å². The van der Waals surface area contributed by atoms with Gasteiger partial charge in [0.15, 0.2) is 5.82 Å². The summed E-state index contributed by atoms with van der Waals surface area (Å²) in [5.74, 6) is 0.719. The highest BCUT2D eigenvalue weighted by Crippen LogP contribution is 2.27. The zero-order valence-corrected chi connectivity index (χ0v) is 12.0. The minimum Gasteiger partial charge on any atom is -0.236 e. The summed E-state index contributed by atoms with van der Waals surface area (Å²) in [4.78, 5) is 8.87. The molecule has 0 aliphatic rings. The van der Waals surface area contributed by atoms with Gasteiger partial charge in [-0.3, -0.25) is 0 Å². The number of nitrogens with zero attached hydrogens (tertiary/aromatic N) is 2. The molecule has 0 fully saturated rings. The standard InChI is InChI=1S/C13H12BrClN2/c1-8(15)11-7-16-13(17-9(11)2)10-5-3-4-6-12(10)14/h3-8H,1-2H3. The summed E-state index contributed by atoms with van der Waals surface area (Å²) in [6, 6.07) is 7.90. The largest absolute Gasteiger partial charge is 0.236 e. The van der Waals surface area contributed by atoms with E-state index < -0.39 is 0 Å². The van der Waals surface area contributed by atoms with E-state index in [1.165, 1.54) is 0 Å². The van der Waals surface area contributed by atoms with Crippen LogP contribution in [0.4, 0.5) is 0 Å². The quantitative estimate of drug-likeness (QED) is 0.762. The molecule has 0 N–H and O–H groups in total. The van der Waals surface area contributed by atoms with Gasteiger partial charge >= 0.3 is 0 Å². The Labute approximate surface area is 114 Å². The van der Waals surface area contributed by atoms with E-state index >= 15 is 0 Å². The third-order valence-electron chi connectivity index (χ3n) is 2.56.